The molecule has 2 aliphatic heterocycles. The van der Waals surface area contributed by atoms with Gasteiger partial charge in [-0.3, -0.25) is 14.1 Å². The average Bonchev–Trinajstić information content (AvgIpc) is 2.77. The highest BCUT2D eigenvalue weighted by Gasteiger charge is 2.58. The highest BCUT2D eigenvalue weighted by atomic mass is 35.5. The Morgan fingerprint density at radius 2 is 2.14 bits per heavy atom. The van der Waals surface area contributed by atoms with E-state index >= 15 is 0 Å². The number of rotatable bonds is 6. The Morgan fingerprint density at radius 1 is 1.46 bits per heavy atom. The minimum atomic E-state index is -4.77. The van der Waals surface area contributed by atoms with E-state index in [0.717, 1.165) is 0 Å². The smallest absolute Gasteiger partial charge is 0.281 e. The van der Waals surface area contributed by atoms with Gasteiger partial charge in [0.05, 0.1) is 17.8 Å². The lowest BCUT2D eigenvalue weighted by Crippen LogP contribution is -2.62. The Kier molecular flexibility index (Phi) is 5.72. The molecule has 0 aliphatic carbocycles. The van der Waals surface area contributed by atoms with Gasteiger partial charge < -0.3 is 15.0 Å². The molecule has 28 heavy (non-hydrogen) atoms. The van der Waals surface area contributed by atoms with E-state index in [1.807, 2.05) is 13.8 Å². The van der Waals surface area contributed by atoms with E-state index in [9.17, 15) is 22.6 Å². The Hall–Kier alpha value is -1.33. The number of benzene rings is 1. The molecule has 154 valence electrons. The lowest BCUT2D eigenvalue weighted by molar-refractivity contribution is -0.151. The Bertz CT molecular complexity index is 907. The number of hydrogen-bond donors (Lipinski definition) is 2. The van der Waals surface area contributed by atoms with Crippen LogP contribution in [-0.2, 0) is 24.4 Å². The maximum atomic E-state index is 12.8. The molecule has 0 saturated carbocycles. The molecule has 8 nitrogen and oxygen atoms in total. The third kappa shape index (κ3) is 3.88. The maximum Gasteiger partial charge on any atom is 0.281 e. The summed E-state index contributed by atoms with van der Waals surface area (Å²) < 4.78 is 38.5. The van der Waals surface area contributed by atoms with Gasteiger partial charge in [0.1, 0.15) is 0 Å². The number of carbonyl (C=O) groups excluding carboxylic acids is 2. The quantitative estimate of drug-likeness (QED) is 0.387. The van der Waals surface area contributed by atoms with Crippen molar-refractivity contribution in [2.75, 3.05) is 7.11 Å². The summed E-state index contributed by atoms with van der Waals surface area (Å²) in [7, 11) is -3.41. The number of nitrogens with zero attached hydrogens (tertiary/aromatic N) is 1. The van der Waals surface area contributed by atoms with E-state index in [-0.39, 0.29) is 21.9 Å². The molecule has 0 aromatic heterocycles. The van der Waals surface area contributed by atoms with Gasteiger partial charge in [-0.15, -0.1) is 11.8 Å². The van der Waals surface area contributed by atoms with Crippen LogP contribution in [0.4, 0.5) is 0 Å². The van der Waals surface area contributed by atoms with Crippen LogP contribution < -0.4 is 5.32 Å². The van der Waals surface area contributed by atoms with Gasteiger partial charge in [0.2, 0.25) is 11.8 Å². The van der Waals surface area contributed by atoms with Crippen LogP contribution >= 0.6 is 23.4 Å². The zero-order valence-electron chi connectivity index (χ0n) is 15.5. The zero-order valence-corrected chi connectivity index (χ0v) is 17.8. The molecule has 0 bridgehead atoms. The van der Waals surface area contributed by atoms with E-state index in [0.29, 0.717) is 6.42 Å². The molecular weight excluding hydrogens is 428 g/mol. The van der Waals surface area contributed by atoms with Crippen molar-refractivity contribution in [2.45, 2.75) is 47.9 Å². The second-order valence-electron chi connectivity index (χ2n) is 7.24. The monoisotopic (exact) mass is 448 g/mol. The first kappa shape index (κ1) is 21.4. The number of ether oxygens (including phenoxy) is 1. The third-order valence-corrected chi connectivity index (χ3v) is 7.74. The summed E-state index contributed by atoms with van der Waals surface area (Å²) in [5.74, 6) is -1.01. The number of thioether (sulfide) groups is 1. The van der Waals surface area contributed by atoms with Gasteiger partial charge in [-0.25, -0.2) is 0 Å². The number of carbonyl (C=O) groups is 2. The second-order valence-corrected chi connectivity index (χ2v) is 11.0. The standard InChI is InChI=1S/C17H21ClN2O6S2/c1-17(2)14(20-11(21)8-12(20)27-17)16(26-3)19-15(22)13(28(23,24)25)9-5-4-6-10(18)7-9/h4-7,12-14,16H,8H2,1-3H3,(H,19,22)(H,23,24,25)/t12-,13?,14+,16?/m1/s1. The molecule has 2 N–H and O–H groups in total. The van der Waals surface area contributed by atoms with E-state index in [2.05, 4.69) is 5.32 Å². The number of fused-ring (bicyclic) bond motifs is 1. The van der Waals surface area contributed by atoms with E-state index in [4.69, 9.17) is 16.3 Å². The molecule has 2 unspecified atom stereocenters. The number of methoxy groups -OCH3 is 1. The van der Waals surface area contributed by atoms with Gasteiger partial charge in [-0.05, 0) is 31.5 Å². The predicted octanol–water partition coefficient (Wildman–Crippen LogP) is 1.81. The van der Waals surface area contributed by atoms with E-state index < -0.39 is 38.3 Å². The molecule has 1 aromatic carbocycles. The van der Waals surface area contributed by atoms with Crippen molar-refractivity contribution in [3.8, 4) is 0 Å². The fourth-order valence-electron chi connectivity index (χ4n) is 3.71. The normalized spacial score (nSPS) is 25.6. The predicted molar refractivity (Wildman–Crippen MR) is 105 cm³/mol. The van der Waals surface area contributed by atoms with Crippen molar-refractivity contribution in [3.63, 3.8) is 0 Å². The van der Waals surface area contributed by atoms with Crippen LogP contribution in [0.2, 0.25) is 5.02 Å². The topological polar surface area (TPSA) is 113 Å². The number of β-lactam (4-membered cyclic amide) rings is 1. The summed E-state index contributed by atoms with van der Waals surface area (Å²) in [6.07, 6.45) is -0.529. The molecule has 1 aromatic rings. The van der Waals surface area contributed by atoms with Gasteiger partial charge in [0.25, 0.3) is 10.1 Å². The van der Waals surface area contributed by atoms with Crippen molar-refractivity contribution in [2.24, 2.45) is 0 Å². The lowest BCUT2D eigenvalue weighted by atomic mass is 9.96. The SMILES string of the molecule is COC(NC(=O)C(c1cccc(Cl)c1)S(=O)(=O)O)[C@@H]1N2C(=O)C[C@H]2SC1(C)C. The Morgan fingerprint density at radius 3 is 2.68 bits per heavy atom. The second kappa shape index (κ2) is 7.49. The molecule has 2 heterocycles. The van der Waals surface area contributed by atoms with Crippen molar-refractivity contribution in [1.82, 2.24) is 10.2 Å². The van der Waals surface area contributed by atoms with Gasteiger partial charge in [-0.1, -0.05) is 23.7 Å². The largest absolute Gasteiger partial charge is 0.359 e. The van der Waals surface area contributed by atoms with Crippen molar-refractivity contribution >= 4 is 45.3 Å². The molecule has 0 radical (unpaired) electrons. The van der Waals surface area contributed by atoms with Crippen molar-refractivity contribution < 1.29 is 27.3 Å². The number of hydrogen-bond acceptors (Lipinski definition) is 6. The summed E-state index contributed by atoms with van der Waals surface area (Å²) in [6, 6.07) is 5.20. The molecular formula is C17H21ClN2O6S2. The fraction of sp³-hybridized carbons (Fsp3) is 0.529. The van der Waals surface area contributed by atoms with Crippen LogP contribution in [0.3, 0.4) is 0 Å². The van der Waals surface area contributed by atoms with Crippen LogP contribution in [0.1, 0.15) is 31.1 Å². The van der Waals surface area contributed by atoms with Crippen LogP contribution in [0.25, 0.3) is 0 Å². The van der Waals surface area contributed by atoms with Crippen LogP contribution in [0.5, 0.6) is 0 Å². The molecule has 2 aliphatic rings. The summed E-state index contributed by atoms with van der Waals surface area (Å²) in [6.45, 7) is 3.87. The minimum Gasteiger partial charge on any atom is -0.359 e. The summed E-state index contributed by atoms with van der Waals surface area (Å²) in [4.78, 5) is 26.6. The van der Waals surface area contributed by atoms with Gasteiger partial charge >= 0.3 is 0 Å². The van der Waals surface area contributed by atoms with Crippen LogP contribution in [-0.4, -0.2) is 59.2 Å². The minimum absolute atomic E-state index is 0.00681. The highest BCUT2D eigenvalue weighted by Crippen LogP contribution is 2.51. The summed E-state index contributed by atoms with van der Waals surface area (Å²) in [5, 5.41) is 0.906. The Labute approximate surface area is 172 Å². The van der Waals surface area contributed by atoms with Crippen molar-refractivity contribution in [1.29, 1.82) is 0 Å². The zero-order chi connectivity index (χ0) is 20.9. The lowest BCUT2D eigenvalue weighted by Gasteiger charge is -2.42. The molecule has 3 rings (SSSR count). The first-order chi connectivity index (χ1) is 13.0. The maximum absolute atomic E-state index is 12.8. The highest BCUT2D eigenvalue weighted by molar-refractivity contribution is 8.01. The molecule has 11 heteroatoms. The third-order valence-electron chi connectivity index (χ3n) is 4.91. The Balaban J connectivity index is 1.89. The average molecular weight is 449 g/mol. The van der Waals surface area contributed by atoms with E-state index in [1.54, 1.807) is 16.7 Å². The summed E-state index contributed by atoms with van der Waals surface area (Å²) >= 11 is 7.50. The number of amides is 2. The van der Waals surface area contributed by atoms with E-state index in [1.165, 1.54) is 31.4 Å². The van der Waals surface area contributed by atoms with Gasteiger partial charge in [0.15, 0.2) is 11.5 Å². The fourth-order valence-corrected chi connectivity index (χ4v) is 6.40. The number of halogens is 1. The first-order valence-electron chi connectivity index (χ1n) is 8.49. The van der Waals surface area contributed by atoms with Gasteiger partial charge in [0, 0.05) is 16.9 Å². The first-order valence-corrected chi connectivity index (χ1v) is 11.3. The molecule has 2 fully saturated rings. The van der Waals surface area contributed by atoms with Gasteiger partial charge in [-0.2, -0.15) is 8.42 Å². The molecule has 0 spiro atoms. The van der Waals surface area contributed by atoms with Crippen molar-refractivity contribution in [3.05, 3.63) is 34.9 Å². The molecule has 2 saturated heterocycles. The molecule has 2 amide bonds. The molecule has 4 atom stereocenters. The van der Waals surface area contributed by atoms with Crippen LogP contribution in [0.15, 0.2) is 24.3 Å². The van der Waals surface area contributed by atoms with Crippen LogP contribution in [0, 0.1) is 0 Å². The number of nitrogens with one attached hydrogen (secondary N) is 1. The summed E-state index contributed by atoms with van der Waals surface area (Å²) in [5.41, 5.74) is 0.0281.